The zero-order valence-electron chi connectivity index (χ0n) is 10.2. The van der Waals surface area contributed by atoms with Crippen LogP contribution < -0.4 is 4.72 Å². The zero-order valence-corrected chi connectivity index (χ0v) is 12.5. The van der Waals surface area contributed by atoms with Gasteiger partial charge in [-0.05, 0) is 31.0 Å². The Morgan fingerprint density at radius 2 is 1.80 bits per heavy atom. The van der Waals surface area contributed by atoms with Crippen molar-refractivity contribution in [3.8, 4) is 0 Å². The number of unbranched alkanes of at least 4 members (excludes halogenated alkanes) is 1. The quantitative estimate of drug-likeness (QED) is 0.620. The molecule has 0 saturated carbocycles. The molecule has 0 aliphatic carbocycles. The van der Waals surface area contributed by atoms with Gasteiger partial charge < -0.3 is 0 Å². The van der Waals surface area contributed by atoms with Crippen LogP contribution in [0.25, 0.3) is 0 Å². The van der Waals surface area contributed by atoms with E-state index in [-0.39, 0.29) is 16.5 Å². The van der Waals surface area contributed by atoms with Gasteiger partial charge in [0.15, 0.2) is 0 Å². The van der Waals surface area contributed by atoms with Crippen molar-refractivity contribution in [3.05, 3.63) is 28.8 Å². The van der Waals surface area contributed by atoms with E-state index in [1.807, 2.05) is 0 Å². The van der Waals surface area contributed by atoms with Gasteiger partial charge in [-0.25, -0.2) is 8.42 Å². The van der Waals surface area contributed by atoms with Gasteiger partial charge in [-0.3, -0.25) is 4.72 Å². The van der Waals surface area contributed by atoms with Gasteiger partial charge in [0.2, 0.25) is 10.0 Å². The Balaban J connectivity index is 2.90. The van der Waals surface area contributed by atoms with Crippen LogP contribution in [-0.4, -0.2) is 20.1 Å². The van der Waals surface area contributed by atoms with Crippen LogP contribution in [-0.2, 0) is 16.2 Å². The summed E-state index contributed by atoms with van der Waals surface area (Å²) >= 11 is 11.0. The minimum atomic E-state index is -4.59. The molecule has 3 nitrogen and oxygen atoms in total. The Morgan fingerprint density at radius 3 is 2.35 bits per heavy atom. The van der Waals surface area contributed by atoms with Crippen LogP contribution in [0.15, 0.2) is 18.2 Å². The summed E-state index contributed by atoms with van der Waals surface area (Å²) in [6, 6.07) is 2.55. The molecule has 1 rings (SSSR count). The molecule has 0 unspecified atom stereocenters. The third-order valence-corrected chi connectivity index (χ3v) is 4.15. The average molecular weight is 350 g/mol. The van der Waals surface area contributed by atoms with E-state index < -0.39 is 21.8 Å². The number of halogens is 5. The molecule has 1 N–H and O–H groups in total. The highest BCUT2D eigenvalue weighted by Gasteiger charge is 2.31. The smallest absolute Gasteiger partial charge is 0.283 e. The third kappa shape index (κ3) is 5.76. The van der Waals surface area contributed by atoms with E-state index in [1.165, 1.54) is 0 Å². The molecule has 0 atom stereocenters. The summed E-state index contributed by atoms with van der Waals surface area (Å²) in [5, 5.41) is -0.196. The van der Waals surface area contributed by atoms with Crippen molar-refractivity contribution in [1.82, 2.24) is 0 Å². The molecule has 9 heteroatoms. The first-order valence-corrected chi connectivity index (χ1v) is 8.15. The minimum Gasteiger partial charge on any atom is -0.283 e. The van der Waals surface area contributed by atoms with E-state index in [0.717, 1.165) is 12.1 Å². The summed E-state index contributed by atoms with van der Waals surface area (Å²) in [5.74, 6) is 0.110. The minimum absolute atomic E-state index is 0.196. The molecule has 0 spiro atoms. The first-order valence-electron chi connectivity index (χ1n) is 5.58. The third-order valence-electron chi connectivity index (χ3n) is 2.30. The molecular weight excluding hydrogens is 338 g/mol. The second kappa shape index (κ2) is 6.87. The maximum Gasteiger partial charge on any atom is 0.416 e. The highest BCUT2D eigenvalue weighted by atomic mass is 35.5. The first-order chi connectivity index (χ1) is 9.14. The predicted octanol–water partition coefficient (Wildman–Crippen LogP) is 4.12. The maximum absolute atomic E-state index is 12.6. The lowest BCUT2D eigenvalue weighted by Gasteiger charge is -2.12. The van der Waals surface area contributed by atoms with Crippen molar-refractivity contribution in [1.29, 1.82) is 0 Å². The Labute approximate surface area is 125 Å². The molecule has 0 saturated heterocycles. The summed E-state index contributed by atoms with van der Waals surface area (Å²) < 4.78 is 63.1. The summed E-state index contributed by atoms with van der Waals surface area (Å²) in [5.41, 5.74) is -1.22. The molecule has 0 aliphatic heterocycles. The molecule has 114 valence electrons. The van der Waals surface area contributed by atoms with Gasteiger partial charge in [0.25, 0.3) is 0 Å². The lowest BCUT2D eigenvalue weighted by Crippen LogP contribution is -2.17. The van der Waals surface area contributed by atoms with E-state index in [4.69, 9.17) is 23.2 Å². The standard InChI is InChI=1S/C11H12Cl2F3NO2S/c12-3-1-2-4-20(18,19)17-10-6-8(11(14,15)16)5-9(13)7-10/h5-7,17H,1-4H2. The van der Waals surface area contributed by atoms with E-state index in [1.54, 1.807) is 0 Å². The van der Waals surface area contributed by atoms with Crippen molar-refractivity contribution < 1.29 is 21.6 Å². The Bertz CT molecular complexity index is 561. The van der Waals surface area contributed by atoms with Gasteiger partial charge in [0.05, 0.1) is 17.0 Å². The fourth-order valence-corrected chi connectivity index (χ4v) is 3.02. The van der Waals surface area contributed by atoms with Crippen LogP contribution >= 0.6 is 23.2 Å². The van der Waals surface area contributed by atoms with Gasteiger partial charge in [-0.15, -0.1) is 11.6 Å². The molecule has 0 aliphatic rings. The molecular formula is C11H12Cl2F3NO2S. The maximum atomic E-state index is 12.6. The number of anilines is 1. The van der Waals surface area contributed by atoms with Crippen LogP contribution in [0, 0.1) is 0 Å². The Kier molecular flexibility index (Phi) is 5.97. The highest BCUT2D eigenvalue weighted by Crippen LogP contribution is 2.33. The highest BCUT2D eigenvalue weighted by molar-refractivity contribution is 7.92. The van der Waals surface area contributed by atoms with Crippen molar-refractivity contribution in [2.45, 2.75) is 19.0 Å². The van der Waals surface area contributed by atoms with Crippen LogP contribution in [0.2, 0.25) is 5.02 Å². The number of sulfonamides is 1. The molecule has 0 amide bonds. The van der Waals surface area contributed by atoms with Gasteiger partial charge >= 0.3 is 6.18 Å². The molecule has 0 bridgehead atoms. The van der Waals surface area contributed by atoms with Gasteiger partial charge in [0.1, 0.15) is 0 Å². The lowest BCUT2D eigenvalue weighted by atomic mass is 10.2. The number of alkyl halides is 4. The van der Waals surface area contributed by atoms with Crippen molar-refractivity contribution >= 4 is 38.9 Å². The Hall–Kier alpha value is -0.660. The van der Waals surface area contributed by atoms with Crippen LogP contribution in [0.4, 0.5) is 18.9 Å². The molecule has 0 aromatic heterocycles. The second-order valence-corrected chi connectivity index (χ2v) is 6.70. The molecule has 20 heavy (non-hydrogen) atoms. The van der Waals surface area contributed by atoms with Crippen molar-refractivity contribution in [3.63, 3.8) is 0 Å². The zero-order chi connectivity index (χ0) is 15.4. The van der Waals surface area contributed by atoms with Gasteiger partial charge in [-0.2, -0.15) is 13.2 Å². The second-order valence-electron chi connectivity index (χ2n) is 4.04. The number of hydrogen-bond acceptors (Lipinski definition) is 2. The van der Waals surface area contributed by atoms with Gasteiger partial charge in [0, 0.05) is 10.9 Å². The van der Waals surface area contributed by atoms with Crippen molar-refractivity contribution in [2.24, 2.45) is 0 Å². The molecule has 0 radical (unpaired) electrons. The Morgan fingerprint density at radius 1 is 1.15 bits per heavy atom. The number of hydrogen-bond donors (Lipinski definition) is 1. The molecule has 1 aromatic carbocycles. The van der Waals surface area contributed by atoms with Crippen LogP contribution in [0.3, 0.4) is 0 Å². The fraction of sp³-hybridized carbons (Fsp3) is 0.455. The fourth-order valence-electron chi connectivity index (χ4n) is 1.43. The lowest BCUT2D eigenvalue weighted by molar-refractivity contribution is -0.137. The van der Waals surface area contributed by atoms with Crippen molar-refractivity contribution in [2.75, 3.05) is 16.4 Å². The van der Waals surface area contributed by atoms with E-state index in [2.05, 4.69) is 4.72 Å². The van der Waals surface area contributed by atoms with Crippen LogP contribution in [0.5, 0.6) is 0 Å². The number of nitrogens with one attached hydrogen (secondary N) is 1. The average Bonchev–Trinajstić information content (AvgIpc) is 2.26. The number of rotatable bonds is 6. The molecule has 0 heterocycles. The topological polar surface area (TPSA) is 46.2 Å². The number of benzene rings is 1. The summed E-state index contributed by atoms with van der Waals surface area (Å²) in [7, 11) is -3.72. The van der Waals surface area contributed by atoms with Gasteiger partial charge in [-0.1, -0.05) is 11.6 Å². The molecule has 0 fully saturated rings. The largest absolute Gasteiger partial charge is 0.416 e. The molecule has 1 aromatic rings. The van der Waals surface area contributed by atoms with E-state index in [9.17, 15) is 21.6 Å². The SMILES string of the molecule is O=S(=O)(CCCCCl)Nc1cc(Cl)cc(C(F)(F)F)c1. The first kappa shape index (κ1) is 17.4. The van der Waals surface area contributed by atoms with Crippen LogP contribution in [0.1, 0.15) is 18.4 Å². The monoisotopic (exact) mass is 349 g/mol. The summed E-state index contributed by atoms with van der Waals surface area (Å²) in [6.45, 7) is 0. The summed E-state index contributed by atoms with van der Waals surface area (Å²) in [4.78, 5) is 0. The predicted molar refractivity (Wildman–Crippen MR) is 73.8 cm³/mol. The normalized spacial score (nSPS) is 12.4. The van der Waals surface area contributed by atoms with E-state index >= 15 is 0 Å². The van der Waals surface area contributed by atoms with E-state index in [0.29, 0.717) is 24.8 Å². The summed E-state index contributed by atoms with van der Waals surface area (Å²) in [6.07, 6.45) is -3.76.